The molecule has 0 aliphatic heterocycles. The number of anilines is 1. The lowest BCUT2D eigenvalue weighted by molar-refractivity contribution is 0.168. The van der Waals surface area contributed by atoms with Crippen LogP contribution in [0.3, 0.4) is 0 Å². The maximum atomic E-state index is 12.2. The average molecular weight is 419 g/mol. The highest BCUT2D eigenvalue weighted by Crippen LogP contribution is 2.26. The Bertz CT molecular complexity index is 1160. The SMILES string of the molecule is CCOC(=O)Nc1ccc2c(CN(CC)C(C)c3ccc(C#N)cc3)cc(=O)oc2c1. The first-order chi connectivity index (χ1) is 14.9. The minimum absolute atomic E-state index is 0.0878. The third kappa shape index (κ3) is 5.30. The number of nitrogens with zero attached hydrogens (tertiary/aromatic N) is 2. The molecule has 0 radical (unpaired) electrons. The number of nitriles is 1. The van der Waals surface area contributed by atoms with Crippen LogP contribution in [0.4, 0.5) is 10.5 Å². The van der Waals surface area contributed by atoms with Gasteiger partial charge in [-0.2, -0.15) is 5.26 Å². The minimum Gasteiger partial charge on any atom is -0.450 e. The first-order valence-corrected chi connectivity index (χ1v) is 10.2. The van der Waals surface area contributed by atoms with Crippen molar-refractivity contribution in [1.82, 2.24) is 4.90 Å². The Kier molecular flexibility index (Phi) is 7.06. The second-order valence-electron chi connectivity index (χ2n) is 7.12. The molecule has 0 saturated carbocycles. The number of hydrogen-bond acceptors (Lipinski definition) is 6. The van der Waals surface area contributed by atoms with Crippen molar-refractivity contribution in [3.63, 3.8) is 0 Å². The quantitative estimate of drug-likeness (QED) is 0.552. The highest BCUT2D eigenvalue weighted by molar-refractivity contribution is 5.89. The van der Waals surface area contributed by atoms with Gasteiger partial charge in [0.2, 0.25) is 0 Å². The molecule has 0 spiro atoms. The van der Waals surface area contributed by atoms with Crippen molar-refractivity contribution >= 4 is 22.7 Å². The first kappa shape index (κ1) is 22.1. The Balaban J connectivity index is 1.88. The highest BCUT2D eigenvalue weighted by Gasteiger charge is 2.17. The van der Waals surface area contributed by atoms with Crippen LogP contribution in [-0.4, -0.2) is 24.1 Å². The Hall–Kier alpha value is -3.63. The molecule has 1 heterocycles. The molecule has 1 unspecified atom stereocenters. The summed E-state index contributed by atoms with van der Waals surface area (Å²) in [4.78, 5) is 26.1. The maximum absolute atomic E-state index is 12.2. The lowest BCUT2D eigenvalue weighted by atomic mass is 10.0. The zero-order valence-corrected chi connectivity index (χ0v) is 17.8. The molecule has 1 N–H and O–H groups in total. The Labute approximate surface area is 180 Å². The number of fused-ring (bicyclic) bond motifs is 1. The van der Waals surface area contributed by atoms with Gasteiger partial charge in [-0.05, 0) is 55.8 Å². The van der Waals surface area contributed by atoms with Crippen molar-refractivity contribution in [2.45, 2.75) is 33.4 Å². The van der Waals surface area contributed by atoms with E-state index in [9.17, 15) is 9.59 Å². The molecule has 31 heavy (non-hydrogen) atoms. The normalized spacial score (nSPS) is 11.8. The third-order valence-corrected chi connectivity index (χ3v) is 5.20. The lowest BCUT2D eigenvalue weighted by Gasteiger charge is -2.28. The van der Waals surface area contributed by atoms with E-state index in [0.717, 1.165) is 23.1 Å². The number of carbonyl (C=O) groups excluding carboxylic acids is 1. The van der Waals surface area contributed by atoms with Crippen LogP contribution < -0.4 is 10.9 Å². The molecule has 7 heteroatoms. The second-order valence-corrected chi connectivity index (χ2v) is 7.12. The minimum atomic E-state index is -0.561. The molecule has 7 nitrogen and oxygen atoms in total. The van der Waals surface area contributed by atoms with Crippen LogP contribution in [0.25, 0.3) is 11.0 Å². The Morgan fingerprint density at radius 3 is 2.58 bits per heavy atom. The van der Waals surface area contributed by atoms with E-state index in [0.29, 0.717) is 23.4 Å². The van der Waals surface area contributed by atoms with Crippen molar-refractivity contribution in [1.29, 1.82) is 5.26 Å². The number of rotatable bonds is 7. The van der Waals surface area contributed by atoms with Crippen molar-refractivity contribution < 1.29 is 13.9 Å². The van der Waals surface area contributed by atoms with Crippen LogP contribution in [0.15, 0.2) is 57.7 Å². The monoisotopic (exact) mass is 419 g/mol. The topological polar surface area (TPSA) is 95.6 Å². The van der Waals surface area contributed by atoms with Gasteiger partial charge in [-0.15, -0.1) is 0 Å². The molecule has 3 rings (SSSR count). The van der Waals surface area contributed by atoms with Gasteiger partial charge in [0.15, 0.2) is 0 Å². The predicted octanol–water partition coefficient (Wildman–Crippen LogP) is 4.82. The summed E-state index contributed by atoms with van der Waals surface area (Å²) in [5.41, 5.74) is 3.00. The van der Waals surface area contributed by atoms with E-state index in [1.807, 2.05) is 30.3 Å². The fraction of sp³-hybridized carbons (Fsp3) is 0.292. The van der Waals surface area contributed by atoms with Crippen LogP contribution in [0.5, 0.6) is 0 Å². The van der Waals surface area contributed by atoms with E-state index in [1.165, 1.54) is 6.07 Å². The molecule has 1 amide bonds. The molecule has 0 aliphatic carbocycles. The van der Waals surface area contributed by atoms with Gasteiger partial charge < -0.3 is 9.15 Å². The summed E-state index contributed by atoms with van der Waals surface area (Å²) in [6, 6.07) is 16.5. The number of hydrogen-bond donors (Lipinski definition) is 1. The molecule has 1 aromatic heterocycles. The highest BCUT2D eigenvalue weighted by atomic mass is 16.5. The summed E-state index contributed by atoms with van der Waals surface area (Å²) in [7, 11) is 0. The lowest BCUT2D eigenvalue weighted by Crippen LogP contribution is -2.27. The summed E-state index contributed by atoms with van der Waals surface area (Å²) >= 11 is 0. The summed E-state index contributed by atoms with van der Waals surface area (Å²) in [6.45, 7) is 7.47. The number of nitrogens with one attached hydrogen (secondary N) is 1. The van der Waals surface area contributed by atoms with Crippen LogP contribution in [-0.2, 0) is 11.3 Å². The molecule has 3 aromatic rings. The summed E-state index contributed by atoms with van der Waals surface area (Å²) < 4.78 is 10.3. The van der Waals surface area contributed by atoms with Gasteiger partial charge >= 0.3 is 11.7 Å². The van der Waals surface area contributed by atoms with E-state index < -0.39 is 11.7 Å². The molecule has 2 aromatic carbocycles. The standard InChI is InChI=1S/C24H25N3O4/c1-4-27(16(3)18-8-6-17(14-25)7-9-18)15-19-12-23(28)31-22-13-20(10-11-21(19)22)26-24(29)30-5-2/h6-13,16H,4-5,15H2,1-3H3,(H,26,29). The second kappa shape index (κ2) is 9.92. The van der Waals surface area contributed by atoms with Crippen LogP contribution in [0, 0.1) is 11.3 Å². The maximum Gasteiger partial charge on any atom is 0.411 e. The largest absolute Gasteiger partial charge is 0.450 e. The molecular formula is C24H25N3O4. The number of amides is 1. The van der Waals surface area contributed by atoms with E-state index in [1.54, 1.807) is 19.1 Å². The van der Waals surface area contributed by atoms with Gasteiger partial charge in [0, 0.05) is 35.8 Å². The van der Waals surface area contributed by atoms with Gasteiger partial charge in [-0.1, -0.05) is 19.1 Å². The van der Waals surface area contributed by atoms with E-state index in [-0.39, 0.29) is 12.6 Å². The van der Waals surface area contributed by atoms with E-state index >= 15 is 0 Å². The zero-order valence-electron chi connectivity index (χ0n) is 17.8. The Morgan fingerprint density at radius 2 is 1.94 bits per heavy atom. The number of carbonyl (C=O) groups is 1. The molecule has 160 valence electrons. The molecule has 0 saturated heterocycles. The molecule has 0 bridgehead atoms. The first-order valence-electron chi connectivity index (χ1n) is 10.2. The van der Waals surface area contributed by atoms with Gasteiger partial charge in [0.25, 0.3) is 0 Å². The van der Waals surface area contributed by atoms with Crippen LogP contribution in [0.2, 0.25) is 0 Å². The number of benzene rings is 2. The van der Waals surface area contributed by atoms with Crippen LogP contribution >= 0.6 is 0 Å². The van der Waals surface area contributed by atoms with Crippen molar-refractivity contribution in [3.8, 4) is 6.07 Å². The van der Waals surface area contributed by atoms with Crippen molar-refractivity contribution in [2.24, 2.45) is 0 Å². The van der Waals surface area contributed by atoms with Gasteiger partial charge in [0.05, 0.1) is 18.2 Å². The molecule has 0 fully saturated rings. The van der Waals surface area contributed by atoms with E-state index in [4.69, 9.17) is 14.4 Å². The smallest absolute Gasteiger partial charge is 0.411 e. The fourth-order valence-corrected chi connectivity index (χ4v) is 3.51. The fourth-order valence-electron chi connectivity index (χ4n) is 3.51. The Morgan fingerprint density at radius 1 is 1.19 bits per heavy atom. The molecular weight excluding hydrogens is 394 g/mol. The molecule has 0 aliphatic rings. The van der Waals surface area contributed by atoms with Crippen LogP contribution in [0.1, 0.15) is 43.5 Å². The molecule has 1 atom stereocenters. The van der Waals surface area contributed by atoms with Crippen molar-refractivity contribution in [3.05, 3.63) is 75.6 Å². The predicted molar refractivity (Wildman–Crippen MR) is 119 cm³/mol. The van der Waals surface area contributed by atoms with Gasteiger partial charge in [-0.25, -0.2) is 9.59 Å². The number of ether oxygens (including phenoxy) is 1. The average Bonchev–Trinajstić information content (AvgIpc) is 2.76. The summed E-state index contributed by atoms with van der Waals surface area (Å²) in [5, 5.41) is 12.4. The van der Waals surface area contributed by atoms with Crippen molar-refractivity contribution in [2.75, 3.05) is 18.5 Å². The summed E-state index contributed by atoms with van der Waals surface area (Å²) in [6.07, 6.45) is -0.561. The zero-order chi connectivity index (χ0) is 22.4. The van der Waals surface area contributed by atoms with E-state index in [2.05, 4.69) is 30.1 Å². The third-order valence-electron chi connectivity index (χ3n) is 5.20. The van der Waals surface area contributed by atoms with Gasteiger partial charge in [-0.3, -0.25) is 10.2 Å². The van der Waals surface area contributed by atoms with Gasteiger partial charge in [0.1, 0.15) is 5.58 Å². The summed E-state index contributed by atoms with van der Waals surface area (Å²) in [5.74, 6) is 0.